The Kier molecular flexibility index (Phi) is 4.33. The van der Waals surface area contributed by atoms with Crippen LogP contribution in [0.2, 0.25) is 0 Å². The highest BCUT2D eigenvalue weighted by Gasteiger charge is 2.33. The highest BCUT2D eigenvalue weighted by molar-refractivity contribution is 7.98. The molecule has 2 rings (SSSR count). The third-order valence-electron chi connectivity index (χ3n) is 2.84. The summed E-state index contributed by atoms with van der Waals surface area (Å²) in [6, 6.07) is 1.97. The maximum Gasteiger partial charge on any atom is 0.416 e. The molecule has 0 bridgehead atoms. The zero-order valence-electron chi connectivity index (χ0n) is 11.3. The lowest BCUT2D eigenvalue weighted by Crippen LogP contribution is -2.15. The van der Waals surface area contributed by atoms with Crippen LogP contribution in [0, 0.1) is 17.1 Å². The molecule has 1 heterocycles. The molecule has 120 valence electrons. The van der Waals surface area contributed by atoms with Gasteiger partial charge in [-0.05, 0) is 18.4 Å². The van der Waals surface area contributed by atoms with Crippen LogP contribution in [0.4, 0.5) is 17.6 Å². The molecule has 0 aliphatic rings. The van der Waals surface area contributed by atoms with Crippen molar-refractivity contribution in [2.75, 3.05) is 6.26 Å². The third-order valence-corrected chi connectivity index (χ3v) is 3.42. The second-order valence-electron chi connectivity index (χ2n) is 4.26. The Morgan fingerprint density at radius 1 is 1.39 bits per heavy atom. The van der Waals surface area contributed by atoms with Gasteiger partial charge in [0.1, 0.15) is 28.9 Å². The molecule has 10 heteroatoms. The molecule has 0 radical (unpaired) electrons. The quantitative estimate of drug-likeness (QED) is 0.496. The lowest BCUT2D eigenvalue weighted by atomic mass is 10.0. The first kappa shape index (κ1) is 16.8. The van der Waals surface area contributed by atoms with Gasteiger partial charge in [0.2, 0.25) is 0 Å². The van der Waals surface area contributed by atoms with E-state index in [1.54, 1.807) is 0 Å². The number of alkyl halides is 3. The van der Waals surface area contributed by atoms with E-state index in [1.807, 2.05) is 0 Å². The Balaban J connectivity index is 2.81. The Bertz CT molecular complexity index is 848. The number of nitriles is 1. The van der Waals surface area contributed by atoms with Gasteiger partial charge in [-0.1, -0.05) is 11.8 Å². The average molecular weight is 345 g/mol. The third kappa shape index (κ3) is 3.14. The highest BCUT2D eigenvalue weighted by Crippen LogP contribution is 2.38. The van der Waals surface area contributed by atoms with Crippen molar-refractivity contribution in [3.8, 4) is 23.1 Å². The number of hydrogen-bond donors (Lipinski definition) is 2. The number of aromatic hydroxyl groups is 1. The minimum absolute atomic E-state index is 0.0164. The molecule has 2 N–H and O–H groups in total. The van der Waals surface area contributed by atoms with Crippen molar-refractivity contribution < 1.29 is 22.7 Å². The van der Waals surface area contributed by atoms with Gasteiger partial charge >= 0.3 is 6.18 Å². The number of phenols is 1. The van der Waals surface area contributed by atoms with Crippen LogP contribution in [-0.2, 0) is 6.18 Å². The molecule has 0 saturated heterocycles. The van der Waals surface area contributed by atoms with E-state index in [9.17, 15) is 27.5 Å². The molecule has 1 aromatic carbocycles. The van der Waals surface area contributed by atoms with Crippen molar-refractivity contribution in [1.82, 2.24) is 9.97 Å². The van der Waals surface area contributed by atoms with Crippen molar-refractivity contribution in [2.45, 2.75) is 11.3 Å². The Morgan fingerprint density at radius 2 is 2.04 bits per heavy atom. The normalized spacial score (nSPS) is 11.3. The van der Waals surface area contributed by atoms with Crippen LogP contribution in [0.25, 0.3) is 11.3 Å². The van der Waals surface area contributed by atoms with Crippen LogP contribution < -0.4 is 5.56 Å². The van der Waals surface area contributed by atoms with Gasteiger partial charge in [-0.2, -0.15) is 18.4 Å². The zero-order valence-corrected chi connectivity index (χ0v) is 12.1. The largest absolute Gasteiger partial charge is 0.507 e. The zero-order chi connectivity index (χ0) is 17.4. The first-order valence-electron chi connectivity index (χ1n) is 5.87. The fourth-order valence-corrected chi connectivity index (χ4v) is 2.20. The molecule has 5 nitrogen and oxygen atoms in total. The summed E-state index contributed by atoms with van der Waals surface area (Å²) in [5, 5.41) is 18.8. The van der Waals surface area contributed by atoms with E-state index in [4.69, 9.17) is 5.26 Å². The van der Waals surface area contributed by atoms with E-state index < -0.39 is 45.7 Å². The van der Waals surface area contributed by atoms with Gasteiger partial charge in [-0.3, -0.25) is 4.79 Å². The number of benzene rings is 1. The molecular weight excluding hydrogens is 338 g/mol. The molecule has 0 aliphatic heterocycles. The van der Waals surface area contributed by atoms with E-state index in [0.717, 1.165) is 11.8 Å². The average Bonchev–Trinajstić information content (AvgIpc) is 2.45. The number of rotatable bonds is 2. The van der Waals surface area contributed by atoms with Crippen molar-refractivity contribution in [1.29, 1.82) is 5.26 Å². The molecule has 0 saturated carbocycles. The molecule has 0 amide bonds. The van der Waals surface area contributed by atoms with Crippen LogP contribution >= 0.6 is 11.8 Å². The van der Waals surface area contributed by atoms with E-state index in [0.29, 0.717) is 6.07 Å². The van der Waals surface area contributed by atoms with Gasteiger partial charge < -0.3 is 10.1 Å². The summed E-state index contributed by atoms with van der Waals surface area (Å²) in [6.07, 6.45) is -3.32. The molecule has 0 aliphatic carbocycles. The lowest BCUT2D eigenvalue weighted by Gasteiger charge is -2.12. The maximum absolute atomic E-state index is 14.1. The minimum atomic E-state index is -4.86. The SMILES string of the molecule is CSc1nc(-c2c(O)cc(C(F)(F)F)cc2F)c(C#N)c(=O)[nH]1. The summed E-state index contributed by atoms with van der Waals surface area (Å²) < 4.78 is 51.9. The predicted octanol–water partition coefficient (Wildman–Crippen LogP) is 2.89. The van der Waals surface area contributed by atoms with Gasteiger partial charge in [0, 0.05) is 0 Å². The topological polar surface area (TPSA) is 89.8 Å². The van der Waals surface area contributed by atoms with E-state index in [2.05, 4.69) is 9.97 Å². The number of aromatic amines is 1. The predicted molar refractivity (Wildman–Crippen MR) is 73.4 cm³/mol. The van der Waals surface area contributed by atoms with Gasteiger partial charge in [0.15, 0.2) is 5.16 Å². The smallest absolute Gasteiger partial charge is 0.416 e. The van der Waals surface area contributed by atoms with E-state index >= 15 is 0 Å². The Labute approximate surface area is 130 Å². The van der Waals surface area contributed by atoms with Crippen LogP contribution in [0.3, 0.4) is 0 Å². The fraction of sp³-hybridized carbons (Fsp3) is 0.154. The van der Waals surface area contributed by atoms with Crippen molar-refractivity contribution >= 4 is 11.8 Å². The molecule has 2 aromatic rings. The van der Waals surface area contributed by atoms with Crippen LogP contribution in [0.1, 0.15) is 11.1 Å². The summed E-state index contributed by atoms with van der Waals surface area (Å²) in [6.45, 7) is 0. The summed E-state index contributed by atoms with van der Waals surface area (Å²) in [5.41, 5.74) is -4.16. The molecule has 0 atom stereocenters. The van der Waals surface area contributed by atoms with Gasteiger partial charge in [-0.25, -0.2) is 9.37 Å². The van der Waals surface area contributed by atoms with Crippen molar-refractivity contribution in [3.05, 3.63) is 39.4 Å². The number of nitrogens with one attached hydrogen (secondary N) is 1. The van der Waals surface area contributed by atoms with Gasteiger partial charge in [0.25, 0.3) is 5.56 Å². The van der Waals surface area contributed by atoms with E-state index in [-0.39, 0.29) is 11.2 Å². The minimum Gasteiger partial charge on any atom is -0.507 e. The van der Waals surface area contributed by atoms with Gasteiger partial charge in [0.05, 0.1) is 11.1 Å². The maximum atomic E-state index is 14.1. The van der Waals surface area contributed by atoms with Crippen LogP contribution in [0.5, 0.6) is 5.75 Å². The number of phenolic OH excluding ortho intramolecular Hbond substituents is 1. The molecule has 0 spiro atoms. The van der Waals surface area contributed by atoms with Gasteiger partial charge in [-0.15, -0.1) is 0 Å². The lowest BCUT2D eigenvalue weighted by molar-refractivity contribution is -0.137. The highest BCUT2D eigenvalue weighted by atomic mass is 32.2. The summed E-state index contributed by atoms with van der Waals surface area (Å²) in [7, 11) is 0. The van der Waals surface area contributed by atoms with E-state index in [1.165, 1.54) is 12.3 Å². The van der Waals surface area contributed by atoms with Crippen LogP contribution in [-0.4, -0.2) is 21.3 Å². The van der Waals surface area contributed by atoms with Crippen molar-refractivity contribution in [3.63, 3.8) is 0 Å². The second-order valence-corrected chi connectivity index (χ2v) is 5.06. The number of hydrogen-bond acceptors (Lipinski definition) is 5. The van der Waals surface area contributed by atoms with Crippen LogP contribution in [0.15, 0.2) is 22.1 Å². The standard InChI is InChI=1S/C13H7F4N3O2S/c1-23-12-19-10(6(4-18)11(22)20-12)9-7(14)2-5(3-8(9)21)13(15,16)17/h2-3,21H,1H3,(H,19,20,22). The number of thioether (sulfide) groups is 1. The molecule has 0 fully saturated rings. The Morgan fingerprint density at radius 3 is 2.52 bits per heavy atom. The number of halogens is 4. The molecular formula is C13H7F4N3O2S. The first-order chi connectivity index (χ1) is 10.7. The molecule has 0 unspecified atom stereocenters. The van der Waals surface area contributed by atoms with Crippen molar-refractivity contribution in [2.24, 2.45) is 0 Å². The molecule has 23 heavy (non-hydrogen) atoms. The number of aromatic nitrogens is 2. The second kappa shape index (κ2) is 5.92. The fourth-order valence-electron chi connectivity index (χ4n) is 1.82. The summed E-state index contributed by atoms with van der Waals surface area (Å²) in [4.78, 5) is 17.8. The first-order valence-corrected chi connectivity index (χ1v) is 7.10. The number of H-pyrrole nitrogens is 1. The summed E-state index contributed by atoms with van der Waals surface area (Å²) >= 11 is 0.970. The monoisotopic (exact) mass is 345 g/mol. The summed E-state index contributed by atoms with van der Waals surface area (Å²) in [5.74, 6) is -2.52. The number of nitrogens with zero attached hydrogens (tertiary/aromatic N) is 2. The molecule has 1 aromatic heterocycles. The Hall–Kier alpha value is -2.54.